The van der Waals surface area contributed by atoms with Crippen LogP contribution in [-0.4, -0.2) is 44.4 Å². The lowest BCUT2D eigenvalue weighted by molar-refractivity contribution is 0.0368. The molecule has 0 saturated carbocycles. The van der Waals surface area contributed by atoms with Crippen molar-refractivity contribution in [3.63, 3.8) is 0 Å². The van der Waals surface area contributed by atoms with Crippen molar-refractivity contribution in [3.05, 3.63) is 29.3 Å². The van der Waals surface area contributed by atoms with Crippen LogP contribution in [0.1, 0.15) is 63.5 Å². The van der Waals surface area contributed by atoms with Gasteiger partial charge in [0.2, 0.25) is 0 Å². The number of ether oxygens (including phenoxy) is 2. The number of para-hydroxylation sites is 1. The average Bonchev–Trinajstić information content (AvgIpc) is 2.55. The minimum atomic E-state index is 0.497. The fourth-order valence-corrected chi connectivity index (χ4v) is 3.09. The number of benzene rings is 1. The van der Waals surface area contributed by atoms with Crippen molar-refractivity contribution in [2.45, 2.75) is 52.4 Å². The second kappa shape index (κ2) is 9.29. The van der Waals surface area contributed by atoms with Gasteiger partial charge in [0.05, 0.1) is 19.8 Å². The maximum Gasteiger partial charge on any atom is 0.126 e. The second-order valence-electron chi connectivity index (χ2n) is 7.08. The standard InChI is InChI=1S/C20H33NO2/c1-16(2)18-8-7-9-19(17(3)4)20(18)23-13-6-5-10-21-11-14-22-15-12-21/h7-9,16-17H,5-6,10-15H2,1-4H3. The van der Waals surface area contributed by atoms with E-state index in [1.165, 1.54) is 17.5 Å². The van der Waals surface area contributed by atoms with Gasteiger partial charge in [-0.05, 0) is 42.3 Å². The van der Waals surface area contributed by atoms with Crippen LogP contribution in [0, 0.1) is 0 Å². The molecule has 1 aromatic carbocycles. The molecule has 1 aliphatic heterocycles. The van der Waals surface area contributed by atoms with Crippen LogP contribution < -0.4 is 4.74 Å². The first-order valence-electron chi connectivity index (χ1n) is 9.15. The molecule has 0 spiro atoms. The zero-order chi connectivity index (χ0) is 16.7. The van der Waals surface area contributed by atoms with Gasteiger partial charge >= 0.3 is 0 Å². The highest BCUT2D eigenvalue weighted by Gasteiger charge is 2.15. The molecule has 1 heterocycles. The van der Waals surface area contributed by atoms with Gasteiger partial charge < -0.3 is 9.47 Å². The van der Waals surface area contributed by atoms with Gasteiger partial charge in [0, 0.05) is 13.1 Å². The molecule has 1 aliphatic rings. The Labute approximate surface area is 142 Å². The van der Waals surface area contributed by atoms with E-state index in [4.69, 9.17) is 9.47 Å². The molecule has 0 aliphatic carbocycles. The Bertz CT molecular complexity index is 438. The van der Waals surface area contributed by atoms with Crippen LogP contribution in [-0.2, 0) is 4.74 Å². The predicted molar refractivity (Wildman–Crippen MR) is 96.6 cm³/mol. The molecular weight excluding hydrogens is 286 g/mol. The van der Waals surface area contributed by atoms with E-state index in [1.807, 2.05) is 0 Å². The molecule has 0 unspecified atom stereocenters. The van der Waals surface area contributed by atoms with Crippen molar-refractivity contribution >= 4 is 0 Å². The van der Waals surface area contributed by atoms with Crippen LogP contribution in [0.15, 0.2) is 18.2 Å². The van der Waals surface area contributed by atoms with Gasteiger partial charge in [-0.3, -0.25) is 4.90 Å². The summed E-state index contributed by atoms with van der Waals surface area (Å²) in [6.45, 7) is 14.9. The Morgan fingerprint density at radius 3 is 2.17 bits per heavy atom. The molecule has 1 aromatic rings. The van der Waals surface area contributed by atoms with E-state index in [1.54, 1.807) is 0 Å². The quantitative estimate of drug-likeness (QED) is 0.662. The third-order valence-electron chi connectivity index (χ3n) is 4.54. The molecule has 3 nitrogen and oxygen atoms in total. The van der Waals surface area contributed by atoms with Crippen LogP contribution in [0.4, 0.5) is 0 Å². The van der Waals surface area contributed by atoms with E-state index in [2.05, 4.69) is 50.8 Å². The first kappa shape index (κ1) is 18.3. The van der Waals surface area contributed by atoms with Crippen LogP contribution in [0.5, 0.6) is 5.75 Å². The van der Waals surface area contributed by atoms with Crippen molar-refractivity contribution in [1.29, 1.82) is 0 Å². The van der Waals surface area contributed by atoms with Gasteiger partial charge in [-0.2, -0.15) is 0 Å². The summed E-state index contributed by atoms with van der Waals surface area (Å²) in [4.78, 5) is 2.49. The highest BCUT2D eigenvalue weighted by Crippen LogP contribution is 2.34. The van der Waals surface area contributed by atoms with E-state index in [9.17, 15) is 0 Å². The minimum absolute atomic E-state index is 0.497. The van der Waals surface area contributed by atoms with Gasteiger partial charge in [-0.15, -0.1) is 0 Å². The fraction of sp³-hybridized carbons (Fsp3) is 0.700. The minimum Gasteiger partial charge on any atom is -0.493 e. The summed E-state index contributed by atoms with van der Waals surface area (Å²) in [6.07, 6.45) is 2.31. The number of rotatable bonds is 8. The van der Waals surface area contributed by atoms with E-state index in [-0.39, 0.29) is 0 Å². The third-order valence-corrected chi connectivity index (χ3v) is 4.54. The van der Waals surface area contributed by atoms with Crippen molar-refractivity contribution in [2.75, 3.05) is 39.5 Å². The molecule has 2 rings (SSSR count). The first-order chi connectivity index (χ1) is 11.1. The lowest BCUT2D eigenvalue weighted by atomic mass is 9.94. The Hall–Kier alpha value is -1.06. The molecule has 0 bridgehead atoms. The Kier molecular flexibility index (Phi) is 7.38. The SMILES string of the molecule is CC(C)c1cccc(C(C)C)c1OCCCCN1CCOCC1. The monoisotopic (exact) mass is 319 g/mol. The summed E-state index contributed by atoms with van der Waals surface area (Å²) in [5.74, 6) is 2.12. The van der Waals surface area contributed by atoms with Crippen molar-refractivity contribution in [2.24, 2.45) is 0 Å². The predicted octanol–water partition coefficient (Wildman–Crippen LogP) is 4.42. The zero-order valence-electron chi connectivity index (χ0n) is 15.3. The second-order valence-corrected chi connectivity index (χ2v) is 7.08. The third kappa shape index (κ3) is 5.50. The first-order valence-corrected chi connectivity index (χ1v) is 9.15. The summed E-state index contributed by atoms with van der Waals surface area (Å²) in [5.41, 5.74) is 2.67. The lowest BCUT2D eigenvalue weighted by Gasteiger charge is -2.26. The van der Waals surface area contributed by atoms with Gasteiger partial charge in [0.1, 0.15) is 5.75 Å². The van der Waals surface area contributed by atoms with E-state index in [0.29, 0.717) is 11.8 Å². The summed E-state index contributed by atoms with van der Waals surface area (Å²) in [6, 6.07) is 6.58. The Morgan fingerprint density at radius 2 is 1.61 bits per heavy atom. The number of unbranched alkanes of at least 4 members (excludes halogenated alkanes) is 1. The Balaban J connectivity index is 1.84. The van der Waals surface area contributed by atoms with Gasteiger partial charge in [-0.1, -0.05) is 45.9 Å². The van der Waals surface area contributed by atoms with Crippen molar-refractivity contribution in [1.82, 2.24) is 4.90 Å². The van der Waals surface area contributed by atoms with Crippen LogP contribution in [0.3, 0.4) is 0 Å². The summed E-state index contributed by atoms with van der Waals surface area (Å²) >= 11 is 0. The maximum atomic E-state index is 6.24. The number of hydrogen-bond acceptors (Lipinski definition) is 3. The van der Waals surface area contributed by atoms with E-state index >= 15 is 0 Å². The topological polar surface area (TPSA) is 21.7 Å². The molecule has 0 radical (unpaired) electrons. The largest absolute Gasteiger partial charge is 0.493 e. The van der Waals surface area contributed by atoms with Crippen molar-refractivity contribution in [3.8, 4) is 5.75 Å². The summed E-state index contributed by atoms with van der Waals surface area (Å²) in [5, 5.41) is 0. The molecular formula is C20H33NO2. The molecule has 1 fully saturated rings. The number of hydrogen-bond donors (Lipinski definition) is 0. The zero-order valence-corrected chi connectivity index (χ0v) is 15.3. The van der Waals surface area contributed by atoms with Crippen LogP contribution in [0.2, 0.25) is 0 Å². The van der Waals surface area contributed by atoms with Gasteiger partial charge in [-0.25, -0.2) is 0 Å². The molecule has 0 atom stereocenters. The fourth-order valence-electron chi connectivity index (χ4n) is 3.09. The summed E-state index contributed by atoms with van der Waals surface area (Å²) in [7, 11) is 0. The highest BCUT2D eigenvalue weighted by atomic mass is 16.5. The Morgan fingerprint density at radius 1 is 1.00 bits per heavy atom. The number of morpholine rings is 1. The molecule has 23 heavy (non-hydrogen) atoms. The van der Waals surface area contributed by atoms with E-state index in [0.717, 1.165) is 51.6 Å². The smallest absolute Gasteiger partial charge is 0.126 e. The lowest BCUT2D eigenvalue weighted by Crippen LogP contribution is -2.36. The molecule has 0 aromatic heterocycles. The normalized spacial score (nSPS) is 16.3. The van der Waals surface area contributed by atoms with Crippen LogP contribution >= 0.6 is 0 Å². The van der Waals surface area contributed by atoms with Crippen molar-refractivity contribution < 1.29 is 9.47 Å². The summed E-state index contributed by atoms with van der Waals surface area (Å²) < 4.78 is 11.6. The highest BCUT2D eigenvalue weighted by molar-refractivity contribution is 5.44. The molecule has 3 heteroatoms. The molecule has 0 N–H and O–H groups in total. The molecule has 1 saturated heterocycles. The molecule has 130 valence electrons. The van der Waals surface area contributed by atoms with Crippen LogP contribution in [0.25, 0.3) is 0 Å². The maximum absolute atomic E-state index is 6.24. The van der Waals surface area contributed by atoms with Gasteiger partial charge in [0.25, 0.3) is 0 Å². The number of nitrogens with zero attached hydrogens (tertiary/aromatic N) is 1. The van der Waals surface area contributed by atoms with E-state index < -0.39 is 0 Å². The average molecular weight is 319 g/mol. The van der Waals surface area contributed by atoms with Gasteiger partial charge in [0.15, 0.2) is 0 Å². The molecule has 0 amide bonds.